The molecule has 17 atom stereocenters. The molecule has 0 aliphatic carbocycles. The van der Waals surface area contributed by atoms with Crippen LogP contribution in [0.25, 0.3) is 0 Å². The highest BCUT2D eigenvalue weighted by atomic mass is 16.8. The van der Waals surface area contributed by atoms with Crippen LogP contribution in [-0.2, 0) is 33.2 Å². The van der Waals surface area contributed by atoms with Crippen LogP contribution in [-0.4, -0.2) is 193 Å². The summed E-state index contributed by atoms with van der Waals surface area (Å²) >= 11 is 0. The molecule has 0 aromatic carbocycles. The highest BCUT2D eigenvalue weighted by Crippen LogP contribution is 2.33. The number of allylic oxidation sites excluding steroid dienone is 4. The van der Waals surface area contributed by atoms with Gasteiger partial charge in [0.2, 0.25) is 5.91 Å². The fraction of sp³-hybridized carbons (Fsp3) is 0.914. The molecule has 3 saturated heterocycles. The maximum absolute atomic E-state index is 13.1. The number of unbranched alkanes of at least 4 members (excludes halogenated alkanes) is 24. The zero-order valence-corrected chi connectivity index (χ0v) is 46.9. The number of aliphatic hydroxyl groups excluding tert-OH is 11. The molecule has 3 aliphatic rings. The van der Waals surface area contributed by atoms with E-state index < -0.39 is 124 Å². The monoisotopic (exact) mass is 1110 g/mol. The third-order valence-corrected chi connectivity index (χ3v) is 15.3. The molecule has 19 heteroatoms. The Bertz CT molecular complexity index is 1510. The summed E-state index contributed by atoms with van der Waals surface area (Å²) in [6.07, 6.45) is 17.0. The van der Waals surface area contributed by atoms with Crippen molar-refractivity contribution in [3.8, 4) is 0 Å². The summed E-state index contributed by atoms with van der Waals surface area (Å²) in [5.41, 5.74) is 0. The number of hydrogen-bond acceptors (Lipinski definition) is 18. The summed E-state index contributed by atoms with van der Waals surface area (Å²) in [6, 6.07) is -0.880. The second-order valence-corrected chi connectivity index (χ2v) is 21.8. The standard InChI is InChI=1S/C58H107NO18/c1-3-5-7-8-9-10-11-12-13-14-15-16-17-18-19-20-21-22-23-24-25-26-27-28-29-30-31-32-34-36-46(64)59-41(42(63)35-33-6-4-2)40-72-56-52(70)49(67)54(44(38-61)74-56)77-58-53(71)50(68)55(45(39-62)75-58)76-57-51(69)48(66)47(65)43(37-60)73-57/h11-12,14-15,41-45,47-58,60-63,65-71H,3-10,13,16-40H2,1-2H3,(H,59,64)/b12-11-,15-14-. The molecule has 17 unspecified atom stereocenters. The van der Waals surface area contributed by atoms with Crippen molar-refractivity contribution in [2.24, 2.45) is 0 Å². The molecule has 19 nitrogen and oxygen atoms in total. The van der Waals surface area contributed by atoms with Crippen molar-refractivity contribution in [2.75, 3.05) is 26.4 Å². The van der Waals surface area contributed by atoms with Gasteiger partial charge >= 0.3 is 0 Å². The molecule has 3 heterocycles. The molecule has 0 saturated carbocycles. The summed E-state index contributed by atoms with van der Waals surface area (Å²) in [7, 11) is 0. The molecule has 1 amide bonds. The van der Waals surface area contributed by atoms with Crippen molar-refractivity contribution in [3.63, 3.8) is 0 Å². The van der Waals surface area contributed by atoms with Gasteiger partial charge in [-0.3, -0.25) is 4.79 Å². The summed E-state index contributed by atoms with van der Waals surface area (Å²) < 4.78 is 34.0. The molecule has 0 radical (unpaired) electrons. The number of ether oxygens (including phenoxy) is 6. The molecule has 0 spiro atoms. The van der Waals surface area contributed by atoms with Gasteiger partial charge in [0.05, 0.1) is 38.6 Å². The van der Waals surface area contributed by atoms with Crippen molar-refractivity contribution in [3.05, 3.63) is 24.3 Å². The fourth-order valence-electron chi connectivity index (χ4n) is 10.3. The lowest BCUT2D eigenvalue weighted by atomic mass is 9.96. The molecule has 0 aromatic rings. The normalized spacial score (nSPS) is 30.8. The van der Waals surface area contributed by atoms with E-state index in [1.165, 1.54) is 128 Å². The maximum Gasteiger partial charge on any atom is 0.220 e. The van der Waals surface area contributed by atoms with Gasteiger partial charge in [-0.05, 0) is 44.9 Å². The number of amides is 1. The lowest BCUT2D eigenvalue weighted by Gasteiger charge is -2.48. The van der Waals surface area contributed by atoms with Crippen LogP contribution >= 0.6 is 0 Å². The van der Waals surface area contributed by atoms with Gasteiger partial charge < -0.3 is 89.9 Å². The van der Waals surface area contributed by atoms with Crippen molar-refractivity contribution in [1.82, 2.24) is 5.32 Å². The van der Waals surface area contributed by atoms with Crippen LogP contribution < -0.4 is 5.32 Å². The molecule has 0 bridgehead atoms. The molecule has 3 fully saturated rings. The van der Waals surface area contributed by atoms with Crippen LogP contribution in [0.1, 0.15) is 206 Å². The predicted octanol–water partition coefficient (Wildman–Crippen LogP) is 5.15. The Hall–Kier alpha value is -1.73. The Morgan fingerprint density at radius 3 is 1.32 bits per heavy atom. The van der Waals surface area contributed by atoms with E-state index in [1.807, 2.05) is 6.92 Å². The van der Waals surface area contributed by atoms with Crippen LogP contribution in [0.15, 0.2) is 24.3 Å². The number of rotatable bonds is 44. The number of nitrogens with one attached hydrogen (secondary N) is 1. The minimum Gasteiger partial charge on any atom is -0.394 e. The van der Waals surface area contributed by atoms with Crippen LogP contribution in [0.5, 0.6) is 0 Å². The largest absolute Gasteiger partial charge is 0.394 e. The first kappa shape index (κ1) is 69.5. The van der Waals surface area contributed by atoms with Crippen molar-refractivity contribution >= 4 is 5.91 Å². The Morgan fingerprint density at radius 1 is 0.468 bits per heavy atom. The average molecular weight is 1110 g/mol. The lowest BCUT2D eigenvalue weighted by molar-refractivity contribution is -0.379. The first-order chi connectivity index (χ1) is 37.3. The number of carbonyl (C=O) groups is 1. The van der Waals surface area contributed by atoms with Crippen LogP contribution in [0.4, 0.5) is 0 Å². The SMILES string of the molecule is CCCCCCC/C=C\C/C=C\CCCCCCCCCCCCCCCCCCCC(=O)NC(COC1OC(CO)C(OC2OC(CO)C(OC3OC(CO)C(O)C(O)C3O)C(O)C2O)C(O)C1O)C(O)CCCCC. The third-order valence-electron chi connectivity index (χ3n) is 15.3. The van der Waals surface area contributed by atoms with E-state index in [1.54, 1.807) is 0 Å². The highest BCUT2D eigenvalue weighted by molar-refractivity contribution is 5.76. The van der Waals surface area contributed by atoms with Crippen molar-refractivity contribution in [2.45, 2.75) is 311 Å². The summed E-state index contributed by atoms with van der Waals surface area (Å²) in [5, 5.41) is 119. The average Bonchev–Trinajstić information content (AvgIpc) is 3.43. The number of carbonyl (C=O) groups excluding carboxylic acids is 1. The molecule has 12 N–H and O–H groups in total. The van der Waals surface area contributed by atoms with E-state index in [0.717, 1.165) is 38.5 Å². The van der Waals surface area contributed by atoms with Gasteiger partial charge in [0.25, 0.3) is 0 Å². The maximum atomic E-state index is 13.1. The predicted molar refractivity (Wildman–Crippen MR) is 291 cm³/mol. The second kappa shape index (κ2) is 42.1. The van der Waals surface area contributed by atoms with Crippen LogP contribution in [0.3, 0.4) is 0 Å². The van der Waals surface area contributed by atoms with Gasteiger partial charge in [-0.2, -0.15) is 0 Å². The van der Waals surface area contributed by atoms with Gasteiger partial charge in [0, 0.05) is 6.42 Å². The first-order valence-corrected chi connectivity index (χ1v) is 30.1. The Morgan fingerprint density at radius 2 is 0.857 bits per heavy atom. The minimum atomic E-state index is -1.97. The van der Waals surface area contributed by atoms with Gasteiger partial charge in [0.1, 0.15) is 73.2 Å². The lowest BCUT2D eigenvalue weighted by Crippen LogP contribution is -2.66. The summed E-state index contributed by atoms with van der Waals surface area (Å²) in [4.78, 5) is 13.1. The molecule has 3 rings (SSSR count). The highest BCUT2D eigenvalue weighted by Gasteiger charge is 2.53. The van der Waals surface area contributed by atoms with E-state index in [4.69, 9.17) is 28.4 Å². The number of hydrogen-bond donors (Lipinski definition) is 12. The second-order valence-electron chi connectivity index (χ2n) is 21.8. The van der Waals surface area contributed by atoms with E-state index in [9.17, 15) is 61.0 Å². The molecule has 0 aromatic heterocycles. The molecule has 452 valence electrons. The minimum absolute atomic E-state index is 0.254. The molecular weight excluding hydrogens is 999 g/mol. The van der Waals surface area contributed by atoms with Gasteiger partial charge in [-0.15, -0.1) is 0 Å². The van der Waals surface area contributed by atoms with Crippen LogP contribution in [0.2, 0.25) is 0 Å². The molecule has 3 aliphatic heterocycles. The fourth-order valence-corrected chi connectivity index (χ4v) is 10.3. The van der Waals surface area contributed by atoms with Crippen molar-refractivity contribution < 1.29 is 89.4 Å². The van der Waals surface area contributed by atoms with E-state index in [2.05, 4.69) is 36.5 Å². The van der Waals surface area contributed by atoms with Gasteiger partial charge in [-0.25, -0.2) is 0 Å². The van der Waals surface area contributed by atoms with Crippen LogP contribution in [0, 0.1) is 0 Å². The zero-order chi connectivity index (χ0) is 56.2. The van der Waals surface area contributed by atoms with E-state index >= 15 is 0 Å². The smallest absolute Gasteiger partial charge is 0.220 e. The summed E-state index contributed by atoms with van der Waals surface area (Å²) in [5.74, 6) is -0.254. The Labute approximate surface area is 460 Å². The Kier molecular flexibility index (Phi) is 38.1. The van der Waals surface area contributed by atoms with E-state index in [-0.39, 0.29) is 18.9 Å². The molecular formula is C58H107NO18. The quantitative estimate of drug-likeness (QED) is 0.0277. The first-order valence-electron chi connectivity index (χ1n) is 30.1. The van der Waals surface area contributed by atoms with Crippen molar-refractivity contribution in [1.29, 1.82) is 0 Å². The summed E-state index contributed by atoms with van der Waals surface area (Å²) in [6.45, 7) is 1.59. The Balaban J connectivity index is 1.29. The zero-order valence-electron chi connectivity index (χ0n) is 46.9. The topological polar surface area (TPSA) is 307 Å². The third kappa shape index (κ3) is 26.4. The number of aliphatic hydroxyl groups is 11. The molecule has 77 heavy (non-hydrogen) atoms. The van der Waals surface area contributed by atoms with Gasteiger partial charge in [-0.1, -0.05) is 179 Å². The van der Waals surface area contributed by atoms with Gasteiger partial charge in [0.15, 0.2) is 18.9 Å². The van der Waals surface area contributed by atoms with E-state index in [0.29, 0.717) is 19.3 Å².